The monoisotopic (exact) mass is 264 g/mol. The van der Waals surface area contributed by atoms with Gasteiger partial charge in [0.25, 0.3) is 0 Å². The van der Waals surface area contributed by atoms with Crippen LogP contribution < -0.4 is 0 Å². The molecule has 0 saturated carbocycles. The normalized spacial score (nSPS) is 10.9. The molecule has 0 heterocycles. The third-order valence-electron chi connectivity index (χ3n) is 2.63. The van der Waals surface area contributed by atoms with Crippen molar-refractivity contribution in [1.29, 1.82) is 0 Å². The zero-order valence-corrected chi connectivity index (χ0v) is 12.1. The number of hydrogen-bond donors (Lipinski definition) is 0. The lowest BCUT2D eigenvalue weighted by Crippen LogP contribution is -2.05. The Hall–Kier alpha value is -1.19. The number of rotatable bonds is 9. The second-order valence-electron chi connectivity index (χ2n) is 5.04. The summed E-state index contributed by atoms with van der Waals surface area (Å²) in [6.45, 7) is 7.11. The summed E-state index contributed by atoms with van der Waals surface area (Å²) >= 11 is 0. The predicted octanol–water partition coefficient (Wildman–Crippen LogP) is 3.15. The largest absolute Gasteiger partial charge is 0.379 e. The molecule has 0 radical (unpaired) electrons. The second-order valence-corrected chi connectivity index (χ2v) is 5.04. The van der Waals surface area contributed by atoms with E-state index in [0.29, 0.717) is 12.7 Å². The molecule has 0 aliphatic heterocycles. The van der Waals surface area contributed by atoms with Gasteiger partial charge in [0.1, 0.15) is 6.61 Å². The Labute approximate surface area is 115 Å². The van der Waals surface area contributed by atoms with E-state index in [-0.39, 0.29) is 12.4 Å². The first-order chi connectivity index (χ1) is 9.08. The zero-order valence-electron chi connectivity index (χ0n) is 12.1. The van der Waals surface area contributed by atoms with E-state index in [9.17, 15) is 4.79 Å². The number of Topliss-reactive ketones (excluding diaryl/α,β-unsaturated/α-hetero) is 1. The van der Waals surface area contributed by atoms with Crippen molar-refractivity contribution in [3.8, 4) is 0 Å². The number of carbonyl (C=O) groups excluding carboxylic acids is 1. The second kappa shape index (κ2) is 8.83. The van der Waals surface area contributed by atoms with E-state index in [1.165, 1.54) is 12.5 Å². The molecule has 106 valence electrons. The molecule has 19 heavy (non-hydrogen) atoms. The minimum Gasteiger partial charge on any atom is -0.379 e. The van der Waals surface area contributed by atoms with Gasteiger partial charge in [-0.15, -0.1) is 0 Å². The highest BCUT2D eigenvalue weighted by molar-refractivity contribution is 5.76. The van der Waals surface area contributed by atoms with Crippen molar-refractivity contribution in [2.75, 3.05) is 13.2 Å². The quantitative estimate of drug-likeness (QED) is 0.643. The Morgan fingerprint density at radius 2 is 2.00 bits per heavy atom. The van der Waals surface area contributed by atoms with E-state index in [2.05, 4.69) is 12.1 Å². The molecule has 3 heteroatoms. The van der Waals surface area contributed by atoms with Gasteiger partial charge in [0.05, 0.1) is 12.7 Å². The smallest absolute Gasteiger partial charge is 0.155 e. The minimum absolute atomic E-state index is 0.0574. The molecule has 0 spiro atoms. The van der Waals surface area contributed by atoms with Gasteiger partial charge in [-0.05, 0) is 44.7 Å². The molecule has 0 saturated heterocycles. The van der Waals surface area contributed by atoms with Crippen LogP contribution in [0.1, 0.15) is 38.3 Å². The number of hydrogen-bond acceptors (Lipinski definition) is 3. The minimum atomic E-state index is 0.0574. The standard InChI is InChI=1S/C16H24O3/c1-13(2)19-9-5-8-15-6-4-7-16(10-15)12-18-11-14(3)17/h4,6-7,10,13H,5,8-9,11-12H2,1-3H3. The molecule has 0 N–H and O–H groups in total. The summed E-state index contributed by atoms with van der Waals surface area (Å²) in [5.41, 5.74) is 2.40. The van der Waals surface area contributed by atoms with Gasteiger partial charge in [-0.2, -0.15) is 0 Å². The Bertz CT molecular complexity index is 385. The molecule has 0 atom stereocenters. The van der Waals surface area contributed by atoms with Gasteiger partial charge < -0.3 is 9.47 Å². The average molecular weight is 264 g/mol. The van der Waals surface area contributed by atoms with Gasteiger partial charge in [0.2, 0.25) is 0 Å². The van der Waals surface area contributed by atoms with Gasteiger partial charge in [0, 0.05) is 6.61 Å². The third kappa shape index (κ3) is 7.75. The van der Waals surface area contributed by atoms with E-state index in [1.54, 1.807) is 0 Å². The Balaban J connectivity index is 2.32. The highest BCUT2D eigenvalue weighted by Gasteiger charge is 1.99. The number of ketones is 1. The van der Waals surface area contributed by atoms with E-state index >= 15 is 0 Å². The highest BCUT2D eigenvalue weighted by atomic mass is 16.5. The molecule has 1 aromatic rings. The molecule has 0 bridgehead atoms. The summed E-state index contributed by atoms with van der Waals surface area (Å²) in [7, 11) is 0. The molecular weight excluding hydrogens is 240 g/mol. The van der Waals surface area contributed by atoms with Crippen LogP contribution in [-0.4, -0.2) is 25.1 Å². The number of carbonyl (C=O) groups is 1. The van der Waals surface area contributed by atoms with Crippen molar-refractivity contribution in [3.63, 3.8) is 0 Å². The first-order valence-corrected chi connectivity index (χ1v) is 6.84. The van der Waals surface area contributed by atoms with Gasteiger partial charge in [0.15, 0.2) is 5.78 Å². The van der Waals surface area contributed by atoms with Crippen LogP contribution >= 0.6 is 0 Å². The van der Waals surface area contributed by atoms with Crippen molar-refractivity contribution in [2.24, 2.45) is 0 Å². The lowest BCUT2D eigenvalue weighted by Gasteiger charge is -2.08. The fraction of sp³-hybridized carbons (Fsp3) is 0.562. The van der Waals surface area contributed by atoms with E-state index in [4.69, 9.17) is 9.47 Å². The lowest BCUT2D eigenvalue weighted by atomic mass is 10.1. The number of benzene rings is 1. The molecule has 1 rings (SSSR count). The van der Waals surface area contributed by atoms with Crippen LogP contribution in [0, 0.1) is 0 Å². The van der Waals surface area contributed by atoms with E-state index in [1.807, 2.05) is 26.0 Å². The molecule has 0 unspecified atom stereocenters. The van der Waals surface area contributed by atoms with Crippen molar-refractivity contribution in [3.05, 3.63) is 35.4 Å². The van der Waals surface area contributed by atoms with Crippen molar-refractivity contribution < 1.29 is 14.3 Å². The maximum absolute atomic E-state index is 10.8. The van der Waals surface area contributed by atoms with Gasteiger partial charge in [-0.25, -0.2) is 0 Å². The maximum Gasteiger partial charge on any atom is 0.155 e. The van der Waals surface area contributed by atoms with Crippen molar-refractivity contribution in [1.82, 2.24) is 0 Å². The van der Waals surface area contributed by atoms with Crippen LogP contribution in [0.25, 0.3) is 0 Å². The molecular formula is C16H24O3. The fourth-order valence-corrected chi connectivity index (χ4v) is 1.78. The number of aryl methyl sites for hydroxylation is 1. The summed E-state index contributed by atoms with van der Waals surface area (Å²) in [6.07, 6.45) is 2.33. The fourth-order valence-electron chi connectivity index (χ4n) is 1.78. The van der Waals surface area contributed by atoms with Crippen molar-refractivity contribution >= 4 is 5.78 Å². The molecule has 3 nitrogen and oxygen atoms in total. The molecule has 0 amide bonds. The number of ether oxygens (including phenoxy) is 2. The molecule has 0 aliphatic carbocycles. The summed E-state index contributed by atoms with van der Waals surface area (Å²) in [5.74, 6) is 0.0574. The van der Waals surface area contributed by atoms with Crippen LogP contribution in [0.3, 0.4) is 0 Å². The zero-order chi connectivity index (χ0) is 14.1. The summed E-state index contributed by atoms with van der Waals surface area (Å²) in [4.78, 5) is 10.8. The van der Waals surface area contributed by atoms with Crippen LogP contribution in [0.5, 0.6) is 0 Å². The topological polar surface area (TPSA) is 35.5 Å². The Kier molecular flexibility index (Phi) is 7.38. The van der Waals surface area contributed by atoms with Crippen LogP contribution in [0.15, 0.2) is 24.3 Å². The Morgan fingerprint density at radius 3 is 2.68 bits per heavy atom. The van der Waals surface area contributed by atoms with E-state index < -0.39 is 0 Å². The average Bonchev–Trinajstić information content (AvgIpc) is 2.34. The first-order valence-electron chi connectivity index (χ1n) is 6.84. The van der Waals surface area contributed by atoms with Crippen molar-refractivity contribution in [2.45, 2.75) is 46.3 Å². The van der Waals surface area contributed by atoms with Gasteiger partial charge >= 0.3 is 0 Å². The summed E-state index contributed by atoms with van der Waals surface area (Å²) in [6, 6.07) is 8.30. The van der Waals surface area contributed by atoms with Crippen LogP contribution in [-0.2, 0) is 27.3 Å². The molecule has 0 aliphatic rings. The molecule has 0 fully saturated rings. The lowest BCUT2D eigenvalue weighted by molar-refractivity contribution is -0.121. The maximum atomic E-state index is 10.8. The summed E-state index contributed by atoms with van der Waals surface area (Å²) in [5, 5.41) is 0. The third-order valence-corrected chi connectivity index (χ3v) is 2.63. The first kappa shape index (κ1) is 15.9. The summed E-state index contributed by atoms with van der Waals surface area (Å²) < 4.78 is 10.8. The Morgan fingerprint density at radius 1 is 1.26 bits per heavy atom. The predicted molar refractivity (Wildman–Crippen MR) is 76.2 cm³/mol. The van der Waals surface area contributed by atoms with Gasteiger partial charge in [-0.1, -0.05) is 24.3 Å². The van der Waals surface area contributed by atoms with Gasteiger partial charge in [-0.3, -0.25) is 4.79 Å². The van der Waals surface area contributed by atoms with Crippen LogP contribution in [0.2, 0.25) is 0 Å². The molecule has 1 aromatic carbocycles. The van der Waals surface area contributed by atoms with E-state index in [0.717, 1.165) is 25.0 Å². The highest BCUT2D eigenvalue weighted by Crippen LogP contribution is 2.09. The van der Waals surface area contributed by atoms with Crippen LogP contribution in [0.4, 0.5) is 0 Å². The SMILES string of the molecule is CC(=O)COCc1cccc(CCCOC(C)C)c1. The molecule has 0 aromatic heterocycles.